The van der Waals surface area contributed by atoms with E-state index in [0.717, 1.165) is 25.9 Å². The lowest BCUT2D eigenvalue weighted by Gasteiger charge is -2.34. The van der Waals surface area contributed by atoms with Gasteiger partial charge < -0.3 is 14.5 Å². The molecule has 0 bridgehead atoms. The quantitative estimate of drug-likeness (QED) is 0.673. The van der Waals surface area contributed by atoms with Crippen molar-refractivity contribution in [3.63, 3.8) is 0 Å². The number of quaternary nitrogens is 1. The van der Waals surface area contributed by atoms with E-state index in [-0.39, 0.29) is 12.0 Å². The number of carbonyl (C=O) groups excluding carboxylic acids is 1. The van der Waals surface area contributed by atoms with Crippen LogP contribution >= 0.6 is 11.3 Å². The Morgan fingerprint density at radius 2 is 2.14 bits per heavy atom. The minimum atomic E-state index is -0.226. The van der Waals surface area contributed by atoms with Crippen LogP contribution < -0.4 is 4.90 Å². The number of amidine groups is 1. The lowest BCUT2D eigenvalue weighted by molar-refractivity contribution is -0.885. The summed E-state index contributed by atoms with van der Waals surface area (Å²) in [6.07, 6.45) is 2.18. The third kappa shape index (κ3) is 4.55. The topological polar surface area (TPSA) is 46.3 Å². The van der Waals surface area contributed by atoms with E-state index in [9.17, 15) is 4.79 Å². The molecule has 6 heteroatoms. The van der Waals surface area contributed by atoms with E-state index in [1.807, 2.05) is 37.2 Å². The van der Waals surface area contributed by atoms with E-state index < -0.39 is 0 Å². The Kier molecular flexibility index (Phi) is 5.97. The van der Waals surface area contributed by atoms with Gasteiger partial charge in [0.1, 0.15) is 0 Å². The van der Waals surface area contributed by atoms with Gasteiger partial charge in [-0.3, -0.25) is 4.79 Å². The Morgan fingerprint density at radius 3 is 2.68 bits per heavy atom. The first-order valence-electron chi connectivity index (χ1n) is 7.84. The van der Waals surface area contributed by atoms with E-state index in [4.69, 9.17) is 4.74 Å². The summed E-state index contributed by atoms with van der Waals surface area (Å²) in [6.45, 7) is 6.20. The molecule has 1 amide bonds. The Bertz CT molecular complexity index is 505. The van der Waals surface area contributed by atoms with Gasteiger partial charge in [0.15, 0.2) is 0 Å². The zero-order chi connectivity index (χ0) is 16.1. The Morgan fingerprint density at radius 1 is 1.45 bits per heavy atom. The smallest absolute Gasteiger partial charge is 0.295 e. The first-order chi connectivity index (χ1) is 10.5. The van der Waals surface area contributed by atoms with E-state index >= 15 is 0 Å². The summed E-state index contributed by atoms with van der Waals surface area (Å²) in [5.74, 6) is -0.226. The van der Waals surface area contributed by atoms with Gasteiger partial charge in [0, 0.05) is 25.9 Å². The van der Waals surface area contributed by atoms with Gasteiger partial charge in [0.25, 0.3) is 11.9 Å². The molecule has 1 aromatic rings. The number of nitrogens with zero attached hydrogens (tertiary/aromatic N) is 2. The molecule has 1 N–H and O–H groups in total. The molecular weight excluding hydrogens is 298 g/mol. The van der Waals surface area contributed by atoms with Crippen LogP contribution in [0.2, 0.25) is 0 Å². The van der Waals surface area contributed by atoms with E-state index in [2.05, 4.69) is 12.0 Å². The van der Waals surface area contributed by atoms with Crippen LogP contribution in [0, 0.1) is 0 Å². The van der Waals surface area contributed by atoms with E-state index in [1.54, 1.807) is 11.0 Å². The molecule has 1 aliphatic rings. The Labute approximate surface area is 136 Å². The van der Waals surface area contributed by atoms with Crippen molar-refractivity contribution < 1.29 is 14.4 Å². The van der Waals surface area contributed by atoms with Gasteiger partial charge in [-0.2, -0.15) is 4.99 Å². The molecule has 0 unspecified atom stereocenters. The number of likely N-dealkylation sites (tertiary alicyclic amines) is 1. The first kappa shape index (κ1) is 17.0. The highest BCUT2D eigenvalue weighted by atomic mass is 32.1. The molecule has 0 spiro atoms. The number of hydrogen-bond acceptors (Lipinski definition) is 3. The second-order valence-corrected chi connectivity index (χ2v) is 7.09. The van der Waals surface area contributed by atoms with Gasteiger partial charge in [-0.1, -0.05) is 6.07 Å². The number of hydrogen-bond donors (Lipinski definition) is 1. The fourth-order valence-electron chi connectivity index (χ4n) is 2.58. The monoisotopic (exact) mass is 324 g/mol. The third-order valence-electron chi connectivity index (χ3n) is 3.93. The lowest BCUT2D eigenvalue weighted by atomic mass is 10.0. The molecule has 22 heavy (non-hydrogen) atoms. The number of thiophene rings is 1. The van der Waals surface area contributed by atoms with Crippen LogP contribution in [0.1, 0.15) is 36.4 Å². The maximum absolute atomic E-state index is 12.2. The van der Waals surface area contributed by atoms with Crippen molar-refractivity contribution in [2.75, 3.05) is 27.2 Å². The van der Waals surface area contributed by atoms with Gasteiger partial charge in [0.05, 0.1) is 31.1 Å². The van der Waals surface area contributed by atoms with Gasteiger partial charge in [-0.15, -0.1) is 11.3 Å². The molecule has 0 radical (unpaired) electrons. The van der Waals surface area contributed by atoms with Crippen molar-refractivity contribution >= 4 is 23.3 Å². The summed E-state index contributed by atoms with van der Waals surface area (Å²) in [4.78, 5) is 20.7. The number of ether oxygens (including phenoxy) is 1. The van der Waals surface area contributed by atoms with Crippen molar-refractivity contribution in [2.24, 2.45) is 4.99 Å². The average molecular weight is 324 g/mol. The molecule has 122 valence electrons. The highest BCUT2D eigenvalue weighted by molar-refractivity contribution is 7.12. The van der Waals surface area contributed by atoms with Crippen LogP contribution in [0.15, 0.2) is 22.5 Å². The Balaban J connectivity index is 2.12. The molecule has 0 atom stereocenters. The van der Waals surface area contributed by atoms with Gasteiger partial charge in [-0.05, 0) is 25.3 Å². The highest BCUT2D eigenvalue weighted by Gasteiger charge is 2.27. The zero-order valence-electron chi connectivity index (χ0n) is 13.8. The van der Waals surface area contributed by atoms with Crippen LogP contribution in [0.4, 0.5) is 0 Å². The van der Waals surface area contributed by atoms with Crippen molar-refractivity contribution in [3.05, 3.63) is 22.4 Å². The molecule has 1 aliphatic heterocycles. The van der Waals surface area contributed by atoms with Crippen LogP contribution in [-0.4, -0.2) is 56.2 Å². The summed E-state index contributed by atoms with van der Waals surface area (Å²) in [6, 6.07) is 4.48. The molecule has 0 aliphatic carbocycles. The molecule has 1 saturated heterocycles. The number of nitrogens with one attached hydrogen (secondary N) is 1. The van der Waals surface area contributed by atoms with Gasteiger partial charge >= 0.3 is 0 Å². The second-order valence-electron chi connectivity index (χ2n) is 6.14. The molecule has 2 rings (SSSR count). The van der Waals surface area contributed by atoms with Crippen LogP contribution in [0.3, 0.4) is 0 Å². The van der Waals surface area contributed by atoms with Crippen molar-refractivity contribution in [1.29, 1.82) is 0 Å². The summed E-state index contributed by atoms with van der Waals surface area (Å²) < 4.78 is 5.81. The summed E-state index contributed by atoms with van der Waals surface area (Å²) in [7, 11) is 4.20. The van der Waals surface area contributed by atoms with Crippen LogP contribution in [-0.2, 0) is 4.74 Å². The Hall–Kier alpha value is -1.40. The summed E-state index contributed by atoms with van der Waals surface area (Å²) in [5, 5.41) is 1.88. The minimum absolute atomic E-state index is 0.00535. The molecule has 2 heterocycles. The number of amides is 1. The lowest BCUT2D eigenvalue weighted by Crippen LogP contribution is -3.10. The molecular formula is C16H26N3O2S+. The van der Waals surface area contributed by atoms with Crippen molar-refractivity contribution in [2.45, 2.75) is 38.8 Å². The van der Waals surface area contributed by atoms with E-state index in [0.29, 0.717) is 16.9 Å². The summed E-state index contributed by atoms with van der Waals surface area (Å²) >= 11 is 1.41. The van der Waals surface area contributed by atoms with Gasteiger partial charge in [-0.25, -0.2) is 0 Å². The molecule has 0 saturated carbocycles. The molecule has 1 fully saturated rings. The van der Waals surface area contributed by atoms with Crippen molar-refractivity contribution in [3.8, 4) is 0 Å². The fraction of sp³-hybridized carbons (Fsp3) is 0.625. The zero-order valence-corrected chi connectivity index (χ0v) is 14.7. The maximum atomic E-state index is 12.2. The molecule has 0 aromatic carbocycles. The number of rotatable bonds is 3. The van der Waals surface area contributed by atoms with E-state index in [1.165, 1.54) is 11.3 Å². The third-order valence-corrected chi connectivity index (χ3v) is 4.79. The van der Waals surface area contributed by atoms with Crippen LogP contribution in [0.5, 0.6) is 0 Å². The highest BCUT2D eigenvalue weighted by Crippen LogP contribution is 2.14. The summed E-state index contributed by atoms with van der Waals surface area (Å²) in [5.41, 5.74) is 0. The fourth-order valence-corrected chi connectivity index (χ4v) is 3.19. The van der Waals surface area contributed by atoms with Crippen molar-refractivity contribution in [1.82, 2.24) is 4.90 Å². The first-order valence-corrected chi connectivity index (χ1v) is 8.72. The second kappa shape index (κ2) is 7.74. The van der Waals surface area contributed by atoms with Gasteiger partial charge in [0.2, 0.25) is 0 Å². The SMILES string of the molecule is CC(C)OC(=NC(=O)c1cccs1)N(C)C1CC[NH+](C)CC1. The largest absolute Gasteiger partial charge is 0.462 e. The number of carbonyl (C=O) groups is 1. The molecule has 1 aromatic heterocycles. The number of aliphatic imine (C=N–C) groups is 1. The predicted octanol–water partition coefficient (Wildman–Crippen LogP) is 1.28. The normalized spacial score (nSPS) is 22.7. The number of piperidine rings is 1. The molecule has 5 nitrogen and oxygen atoms in total. The van der Waals surface area contributed by atoms with Crippen LogP contribution in [0.25, 0.3) is 0 Å². The maximum Gasteiger partial charge on any atom is 0.295 e. The average Bonchev–Trinajstić information content (AvgIpc) is 3.00. The predicted molar refractivity (Wildman–Crippen MR) is 89.7 cm³/mol. The standard InChI is InChI=1S/C16H25N3O2S/c1-12(2)21-16(17-15(20)14-6-5-11-22-14)19(4)13-7-9-18(3)10-8-13/h5-6,11-13H,7-10H2,1-4H3/p+1. The minimum Gasteiger partial charge on any atom is -0.462 e.